The number of carbonyl (C=O) groups excluding carboxylic acids is 1. The molecule has 0 unspecified atom stereocenters. The third-order valence-corrected chi connectivity index (χ3v) is 4.82. The Balaban J connectivity index is 1.53. The first-order valence-corrected chi connectivity index (χ1v) is 8.86. The summed E-state index contributed by atoms with van der Waals surface area (Å²) in [5.41, 5.74) is 0.724. The lowest BCUT2D eigenvalue weighted by Gasteiger charge is -2.32. The minimum absolute atomic E-state index is 0.0128. The van der Waals surface area contributed by atoms with E-state index in [0.717, 1.165) is 48.8 Å². The van der Waals surface area contributed by atoms with E-state index in [2.05, 4.69) is 10.2 Å². The number of piperidine rings is 1. The molecule has 0 bridgehead atoms. The van der Waals surface area contributed by atoms with Gasteiger partial charge in [0, 0.05) is 31.1 Å². The molecule has 2 aromatic carbocycles. The second kappa shape index (κ2) is 8.12. The summed E-state index contributed by atoms with van der Waals surface area (Å²) in [6.07, 6.45) is 2.72. The fourth-order valence-electron chi connectivity index (χ4n) is 3.44. The number of nitrogens with zero attached hydrogens (tertiary/aromatic N) is 1. The van der Waals surface area contributed by atoms with Crippen LogP contribution < -0.4 is 5.32 Å². The van der Waals surface area contributed by atoms with Crippen LogP contribution >= 0.6 is 0 Å². The van der Waals surface area contributed by atoms with Crippen LogP contribution in [0.2, 0.25) is 0 Å². The van der Waals surface area contributed by atoms with Crippen LogP contribution in [0, 0.1) is 0 Å². The Labute approximate surface area is 147 Å². The van der Waals surface area contributed by atoms with Crippen LogP contribution in [-0.2, 0) is 4.79 Å². The second-order valence-corrected chi connectivity index (χ2v) is 6.61. The van der Waals surface area contributed by atoms with Gasteiger partial charge in [-0.15, -0.1) is 0 Å². The molecule has 1 amide bonds. The lowest BCUT2D eigenvalue weighted by Crippen LogP contribution is -2.44. The van der Waals surface area contributed by atoms with Gasteiger partial charge in [-0.05, 0) is 42.6 Å². The van der Waals surface area contributed by atoms with Crippen molar-refractivity contribution in [1.29, 1.82) is 0 Å². The van der Waals surface area contributed by atoms with Crippen molar-refractivity contribution < 1.29 is 14.7 Å². The van der Waals surface area contributed by atoms with E-state index in [1.807, 2.05) is 42.5 Å². The molecular formula is C20H24N2O3. The van der Waals surface area contributed by atoms with Gasteiger partial charge in [0.25, 0.3) is 5.91 Å². The van der Waals surface area contributed by atoms with Gasteiger partial charge >= 0.3 is 5.97 Å². The van der Waals surface area contributed by atoms with E-state index < -0.39 is 5.97 Å². The molecule has 0 saturated carbocycles. The predicted molar refractivity (Wildman–Crippen MR) is 97.7 cm³/mol. The Morgan fingerprint density at radius 1 is 1.08 bits per heavy atom. The van der Waals surface area contributed by atoms with E-state index in [1.165, 1.54) is 0 Å². The molecule has 25 heavy (non-hydrogen) atoms. The zero-order valence-corrected chi connectivity index (χ0v) is 14.3. The number of benzene rings is 2. The number of nitrogens with one attached hydrogen (secondary N) is 1. The van der Waals surface area contributed by atoms with Crippen LogP contribution in [0.4, 0.5) is 0 Å². The molecule has 0 aliphatic carbocycles. The fraction of sp³-hybridized carbons (Fsp3) is 0.400. The summed E-state index contributed by atoms with van der Waals surface area (Å²) in [7, 11) is 0. The highest BCUT2D eigenvalue weighted by molar-refractivity contribution is 6.07. The molecule has 3 rings (SSSR count). The molecule has 1 aliphatic heterocycles. The number of carboxylic acid groups (broad SMARTS) is 1. The highest BCUT2D eigenvalue weighted by atomic mass is 16.4. The third-order valence-electron chi connectivity index (χ3n) is 4.82. The van der Waals surface area contributed by atoms with Crippen LogP contribution in [-0.4, -0.2) is 47.6 Å². The molecule has 0 spiro atoms. The highest BCUT2D eigenvalue weighted by Crippen LogP contribution is 2.19. The summed E-state index contributed by atoms with van der Waals surface area (Å²) >= 11 is 0. The average molecular weight is 340 g/mol. The summed E-state index contributed by atoms with van der Waals surface area (Å²) in [5.74, 6) is -0.752. The first-order chi connectivity index (χ1) is 12.1. The summed E-state index contributed by atoms with van der Waals surface area (Å²) in [6.45, 7) is 2.62. The van der Waals surface area contributed by atoms with Crippen LogP contribution in [0.15, 0.2) is 42.5 Å². The summed E-state index contributed by atoms with van der Waals surface area (Å²) in [5, 5.41) is 13.9. The van der Waals surface area contributed by atoms with E-state index >= 15 is 0 Å². The minimum atomic E-state index is -0.739. The standard InChI is InChI=1S/C20H24N2O3/c23-19(24)9-4-12-22-13-10-16(11-14-22)21-20(25)18-8-3-6-15-5-1-2-7-17(15)18/h1-3,5-8,16H,4,9-14H2,(H,21,25)(H,23,24). The lowest BCUT2D eigenvalue weighted by molar-refractivity contribution is -0.137. The number of amides is 1. The van der Waals surface area contributed by atoms with Crippen molar-refractivity contribution in [2.24, 2.45) is 0 Å². The van der Waals surface area contributed by atoms with Gasteiger partial charge in [0.2, 0.25) is 0 Å². The van der Waals surface area contributed by atoms with Gasteiger partial charge in [-0.2, -0.15) is 0 Å². The Hall–Kier alpha value is -2.40. The Morgan fingerprint density at radius 2 is 1.80 bits per heavy atom. The zero-order valence-electron chi connectivity index (χ0n) is 14.3. The van der Waals surface area contributed by atoms with E-state index in [4.69, 9.17) is 5.11 Å². The van der Waals surface area contributed by atoms with Crippen molar-refractivity contribution in [2.75, 3.05) is 19.6 Å². The smallest absolute Gasteiger partial charge is 0.303 e. The second-order valence-electron chi connectivity index (χ2n) is 6.61. The van der Waals surface area contributed by atoms with Crippen LogP contribution in [0.1, 0.15) is 36.0 Å². The topological polar surface area (TPSA) is 69.6 Å². The Bertz CT molecular complexity index is 746. The van der Waals surface area contributed by atoms with E-state index in [0.29, 0.717) is 6.42 Å². The van der Waals surface area contributed by atoms with Gasteiger partial charge in [0.05, 0.1) is 0 Å². The molecule has 2 aromatic rings. The molecule has 5 heteroatoms. The highest BCUT2D eigenvalue weighted by Gasteiger charge is 2.21. The maximum atomic E-state index is 12.7. The van der Waals surface area contributed by atoms with Crippen LogP contribution in [0.5, 0.6) is 0 Å². The van der Waals surface area contributed by atoms with Crippen molar-refractivity contribution in [3.05, 3.63) is 48.0 Å². The number of hydrogen-bond acceptors (Lipinski definition) is 3. The quantitative estimate of drug-likeness (QED) is 0.848. The van der Waals surface area contributed by atoms with Gasteiger partial charge in [-0.25, -0.2) is 0 Å². The van der Waals surface area contributed by atoms with Crippen molar-refractivity contribution in [2.45, 2.75) is 31.7 Å². The largest absolute Gasteiger partial charge is 0.481 e. The monoisotopic (exact) mass is 340 g/mol. The number of hydrogen-bond donors (Lipinski definition) is 2. The zero-order chi connectivity index (χ0) is 17.6. The SMILES string of the molecule is O=C(O)CCCN1CCC(NC(=O)c2cccc3ccccc23)CC1. The number of carbonyl (C=O) groups is 2. The summed E-state index contributed by atoms with van der Waals surface area (Å²) < 4.78 is 0. The molecule has 1 saturated heterocycles. The number of carboxylic acids is 1. The number of aliphatic carboxylic acids is 1. The summed E-state index contributed by atoms with van der Waals surface area (Å²) in [4.78, 5) is 25.5. The molecule has 1 heterocycles. The van der Waals surface area contributed by atoms with Gasteiger partial charge in [0.15, 0.2) is 0 Å². The van der Waals surface area contributed by atoms with Crippen LogP contribution in [0.25, 0.3) is 10.8 Å². The van der Waals surface area contributed by atoms with E-state index in [9.17, 15) is 9.59 Å². The molecule has 0 aromatic heterocycles. The summed E-state index contributed by atoms with van der Waals surface area (Å²) in [6, 6.07) is 13.9. The number of fused-ring (bicyclic) bond motifs is 1. The normalized spacial score (nSPS) is 16.0. The minimum Gasteiger partial charge on any atom is -0.481 e. The molecule has 132 valence electrons. The van der Waals surface area contributed by atoms with E-state index in [1.54, 1.807) is 0 Å². The fourth-order valence-corrected chi connectivity index (χ4v) is 3.44. The van der Waals surface area contributed by atoms with Crippen molar-refractivity contribution in [3.63, 3.8) is 0 Å². The van der Waals surface area contributed by atoms with E-state index in [-0.39, 0.29) is 18.4 Å². The number of likely N-dealkylation sites (tertiary alicyclic amines) is 1. The van der Waals surface area contributed by atoms with Crippen molar-refractivity contribution >= 4 is 22.6 Å². The van der Waals surface area contributed by atoms with Crippen LogP contribution in [0.3, 0.4) is 0 Å². The molecule has 2 N–H and O–H groups in total. The Morgan fingerprint density at radius 3 is 2.56 bits per heavy atom. The van der Waals surface area contributed by atoms with Crippen molar-refractivity contribution in [1.82, 2.24) is 10.2 Å². The molecular weight excluding hydrogens is 316 g/mol. The first kappa shape index (κ1) is 17.4. The van der Waals surface area contributed by atoms with Gasteiger partial charge in [-0.3, -0.25) is 9.59 Å². The third kappa shape index (κ3) is 4.57. The molecule has 5 nitrogen and oxygen atoms in total. The molecule has 1 aliphatic rings. The first-order valence-electron chi connectivity index (χ1n) is 8.86. The van der Waals surface area contributed by atoms with Crippen molar-refractivity contribution in [3.8, 4) is 0 Å². The molecule has 0 radical (unpaired) electrons. The number of rotatable bonds is 6. The van der Waals surface area contributed by atoms with Gasteiger partial charge in [0.1, 0.15) is 0 Å². The molecule has 1 fully saturated rings. The van der Waals surface area contributed by atoms with Gasteiger partial charge in [-0.1, -0.05) is 36.4 Å². The Kier molecular flexibility index (Phi) is 5.66. The lowest BCUT2D eigenvalue weighted by atomic mass is 10.0. The maximum absolute atomic E-state index is 12.7. The average Bonchev–Trinajstić information content (AvgIpc) is 2.62. The van der Waals surface area contributed by atoms with Gasteiger partial charge < -0.3 is 15.3 Å². The predicted octanol–water partition coefficient (Wildman–Crippen LogP) is 2.90. The molecule has 0 atom stereocenters. The maximum Gasteiger partial charge on any atom is 0.303 e.